The van der Waals surface area contributed by atoms with Crippen LogP contribution in [0, 0.1) is 0 Å². The minimum Gasteiger partial charge on any atom is -0.497 e. The molecule has 6 heteroatoms. The maximum absolute atomic E-state index is 12.8. The minimum absolute atomic E-state index is 0.138. The lowest BCUT2D eigenvalue weighted by Gasteiger charge is -2.38. The average Bonchev–Trinajstić information content (AvgIpc) is 2.72. The third kappa shape index (κ3) is 4.62. The number of benzene rings is 2. The zero-order valence-corrected chi connectivity index (χ0v) is 17.2. The molecule has 1 N–H and O–H groups in total. The van der Waals surface area contributed by atoms with Gasteiger partial charge in [0.2, 0.25) is 0 Å². The molecule has 144 valence electrons. The van der Waals surface area contributed by atoms with Crippen LogP contribution in [0.3, 0.4) is 0 Å². The number of ether oxygens (including phenoxy) is 3. The first kappa shape index (κ1) is 19.7. The minimum atomic E-state index is -0.145. The van der Waals surface area contributed by atoms with Gasteiger partial charge < -0.3 is 19.5 Å². The molecule has 1 saturated heterocycles. The fourth-order valence-electron chi connectivity index (χ4n) is 3.44. The van der Waals surface area contributed by atoms with Gasteiger partial charge in [0.05, 0.1) is 14.2 Å². The standard InChI is InChI=1S/C21H24BrNO4/c1-25-18-10-15(11-19(13-18)26-2)20(24)23-14-21(6-8-27-9-7-21)16-4-3-5-17(22)12-16/h3-5,10-13H,6-9,14H2,1-2H3,(H,23,24). The second kappa shape index (κ2) is 8.76. The molecule has 0 aliphatic carbocycles. The Kier molecular flexibility index (Phi) is 6.39. The Bertz CT molecular complexity index is 780. The molecule has 1 fully saturated rings. The quantitative estimate of drug-likeness (QED) is 0.749. The van der Waals surface area contributed by atoms with E-state index in [1.54, 1.807) is 32.4 Å². The molecule has 2 aromatic carbocycles. The highest BCUT2D eigenvalue weighted by Gasteiger charge is 2.35. The van der Waals surface area contributed by atoms with Crippen LogP contribution in [0.15, 0.2) is 46.9 Å². The van der Waals surface area contributed by atoms with E-state index in [1.807, 2.05) is 12.1 Å². The van der Waals surface area contributed by atoms with E-state index in [4.69, 9.17) is 14.2 Å². The van der Waals surface area contributed by atoms with Gasteiger partial charge >= 0.3 is 0 Å². The molecule has 5 nitrogen and oxygen atoms in total. The third-order valence-electron chi connectivity index (χ3n) is 5.09. The van der Waals surface area contributed by atoms with Gasteiger partial charge in [-0.25, -0.2) is 0 Å². The highest BCUT2D eigenvalue weighted by molar-refractivity contribution is 9.10. The number of carbonyl (C=O) groups is 1. The smallest absolute Gasteiger partial charge is 0.251 e. The molecule has 1 amide bonds. The predicted octanol–water partition coefficient (Wildman–Crippen LogP) is 3.94. The highest BCUT2D eigenvalue weighted by Crippen LogP contribution is 2.35. The zero-order valence-electron chi connectivity index (χ0n) is 15.6. The Labute approximate surface area is 168 Å². The van der Waals surface area contributed by atoms with Crippen LogP contribution in [0.25, 0.3) is 0 Å². The molecular formula is C21H24BrNO4. The van der Waals surface area contributed by atoms with Crippen molar-refractivity contribution in [2.75, 3.05) is 34.0 Å². The van der Waals surface area contributed by atoms with Crippen LogP contribution in [0.5, 0.6) is 11.5 Å². The summed E-state index contributed by atoms with van der Waals surface area (Å²) in [7, 11) is 3.14. The Balaban J connectivity index is 1.81. The highest BCUT2D eigenvalue weighted by atomic mass is 79.9. The second-order valence-corrected chi connectivity index (χ2v) is 7.60. The first-order chi connectivity index (χ1) is 13.1. The maximum atomic E-state index is 12.8. The lowest BCUT2D eigenvalue weighted by molar-refractivity contribution is 0.0487. The van der Waals surface area contributed by atoms with Crippen LogP contribution < -0.4 is 14.8 Å². The van der Waals surface area contributed by atoms with Gasteiger partial charge in [-0.3, -0.25) is 4.79 Å². The van der Waals surface area contributed by atoms with Crippen LogP contribution in [-0.2, 0) is 10.2 Å². The molecule has 0 spiro atoms. The van der Waals surface area contributed by atoms with Crippen molar-refractivity contribution in [3.63, 3.8) is 0 Å². The SMILES string of the molecule is COc1cc(OC)cc(C(=O)NCC2(c3cccc(Br)c3)CCOCC2)c1. The molecule has 0 radical (unpaired) electrons. The van der Waals surface area contributed by atoms with E-state index in [-0.39, 0.29) is 11.3 Å². The molecule has 0 bridgehead atoms. The Morgan fingerprint density at radius 2 is 1.78 bits per heavy atom. The number of rotatable bonds is 6. The van der Waals surface area contributed by atoms with Crippen molar-refractivity contribution < 1.29 is 19.0 Å². The van der Waals surface area contributed by atoms with E-state index >= 15 is 0 Å². The van der Waals surface area contributed by atoms with E-state index in [9.17, 15) is 4.79 Å². The van der Waals surface area contributed by atoms with Gasteiger partial charge in [0, 0.05) is 41.3 Å². The van der Waals surface area contributed by atoms with Crippen molar-refractivity contribution in [1.82, 2.24) is 5.32 Å². The summed E-state index contributed by atoms with van der Waals surface area (Å²) in [6.07, 6.45) is 1.73. The molecule has 3 rings (SSSR count). The monoisotopic (exact) mass is 433 g/mol. The van der Waals surface area contributed by atoms with Crippen LogP contribution >= 0.6 is 15.9 Å². The van der Waals surface area contributed by atoms with Gasteiger partial charge in [0.25, 0.3) is 5.91 Å². The molecule has 27 heavy (non-hydrogen) atoms. The van der Waals surface area contributed by atoms with E-state index in [0.717, 1.165) is 17.3 Å². The summed E-state index contributed by atoms with van der Waals surface area (Å²) in [6.45, 7) is 1.93. The summed E-state index contributed by atoms with van der Waals surface area (Å²) in [6, 6.07) is 13.5. The topological polar surface area (TPSA) is 56.8 Å². The average molecular weight is 434 g/mol. The lowest BCUT2D eigenvalue weighted by atomic mass is 9.74. The molecule has 2 aromatic rings. The number of hydrogen-bond donors (Lipinski definition) is 1. The fraction of sp³-hybridized carbons (Fsp3) is 0.381. The van der Waals surface area contributed by atoms with Gasteiger partial charge in [-0.2, -0.15) is 0 Å². The summed E-state index contributed by atoms with van der Waals surface area (Å²) in [5.74, 6) is 1.03. The van der Waals surface area contributed by atoms with Crippen LogP contribution in [0.2, 0.25) is 0 Å². The van der Waals surface area contributed by atoms with Crippen molar-refractivity contribution in [2.45, 2.75) is 18.3 Å². The fourth-order valence-corrected chi connectivity index (χ4v) is 3.84. The summed E-state index contributed by atoms with van der Waals surface area (Å²) < 4.78 is 17.1. The maximum Gasteiger partial charge on any atom is 0.251 e. The van der Waals surface area contributed by atoms with E-state index in [2.05, 4.69) is 33.4 Å². The molecule has 0 atom stereocenters. The van der Waals surface area contributed by atoms with Gasteiger partial charge in [-0.05, 0) is 42.7 Å². The Morgan fingerprint density at radius 1 is 1.11 bits per heavy atom. The first-order valence-electron chi connectivity index (χ1n) is 8.91. The molecule has 1 aliphatic rings. The van der Waals surface area contributed by atoms with Crippen molar-refractivity contribution in [3.8, 4) is 11.5 Å². The molecular weight excluding hydrogens is 410 g/mol. The van der Waals surface area contributed by atoms with Gasteiger partial charge in [-0.15, -0.1) is 0 Å². The van der Waals surface area contributed by atoms with Crippen LogP contribution in [-0.4, -0.2) is 39.9 Å². The Hall–Kier alpha value is -2.05. The predicted molar refractivity (Wildman–Crippen MR) is 108 cm³/mol. The van der Waals surface area contributed by atoms with Crippen molar-refractivity contribution in [3.05, 3.63) is 58.1 Å². The normalized spacial score (nSPS) is 15.8. The van der Waals surface area contributed by atoms with Crippen LogP contribution in [0.1, 0.15) is 28.8 Å². The largest absolute Gasteiger partial charge is 0.497 e. The van der Waals surface area contributed by atoms with Crippen LogP contribution in [0.4, 0.5) is 0 Å². The second-order valence-electron chi connectivity index (χ2n) is 6.69. The van der Waals surface area contributed by atoms with Crippen molar-refractivity contribution >= 4 is 21.8 Å². The van der Waals surface area contributed by atoms with E-state index in [0.29, 0.717) is 36.8 Å². The number of carbonyl (C=O) groups excluding carboxylic acids is 1. The molecule has 0 aromatic heterocycles. The zero-order chi connectivity index (χ0) is 19.3. The first-order valence-corrected chi connectivity index (χ1v) is 9.71. The third-order valence-corrected chi connectivity index (χ3v) is 5.58. The Morgan fingerprint density at radius 3 is 2.37 bits per heavy atom. The lowest BCUT2D eigenvalue weighted by Crippen LogP contribution is -2.44. The van der Waals surface area contributed by atoms with Crippen molar-refractivity contribution in [2.24, 2.45) is 0 Å². The van der Waals surface area contributed by atoms with E-state index in [1.165, 1.54) is 5.56 Å². The van der Waals surface area contributed by atoms with Gasteiger partial charge in [0.1, 0.15) is 11.5 Å². The molecule has 1 heterocycles. The number of nitrogens with one attached hydrogen (secondary N) is 1. The molecule has 0 saturated carbocycles. The number of hydrogen-bond acceptors (Lipinski definition) is 4. The molecule has 1 aliphatic heterocycles. The van der Waals surface area contributed by atoms with Gasteiger partial charge in [0.15, 0.2) is 0 Å². The summed E-state index contributed by atoms with van der Waals surface area (Å²) >= 11 is 3.56. The number of halogens is 1. The number of methoxy groups -OCH3 is 2. The summed E-state index contributed by atoms with van der Waals surface area (Å²) in [5, 5.41) is 3.11. The number of amides is 1. The summed E-state index contributed by atoms with van der Waals surface area (Å²) in [5.41, 5.74) is 1.59. The summed E-state index contributed by atoms with van der Waals surface area (Å²) in [4.78, 5) is 12.8. The molecule has 0 unspecified atom stereocenters. The van der Waals surface area contributed by atoms with E-state index < -0.39 is 0 Å². The van der Waals surface area contributed by atoms with Gasteiger partial charge in [-0.1, -0.05) is 28.1 Å². The van der Waals surface area contributed by atoms with Crippen molar-refractivity contribution in [1.29, 1.82) is 0 Å².